The highest BCUT2D eigenvalue weighted by molar-refractivity contribution is 5.67. The Morgan fingerprint density at radius 2 is 1.77 bits per heavy atom. The lowest BCUT2D eigenvalue weighted by Crippen LogP contribution is -2.03. The zero-order chi connectivity index (χ0) is 15.8. The molecule has 116 valence electrons. The molecule has 0 aliphatic heterocycles. The molecule has 22 heavy (non-hydrogen) atoms. The third kappa shape index (κ3) is 5.24. The van der Waals surface area contributed by atoms with Gasteiger partial charge < -0.3 is 9.84 Å². The van der Waals surface area contributed by atoms with E-state index in [1.54, 1.807) is 0 Å². The van der Waals surface area contributed by atoms with Crippen molar-refractivity contribution in [1.29, 1.82) is 0 Å². The minimum Gasteiger partial charge on any atom is -0.494 e. The van der Waals surface area contributed by atoms with Crippen molar-refractivity contribution in [3.63, 3.8) is 0 Å². The number of benzene rings is 2. The van der Waals surface area contributed by atoms with E-state index >= 15 is 0 Å². The van der Waals surface area contributed by atoms with E-state index in [0.717, 1.165) is 24.2 Å². The van der Waals surface area contributed by atoms with E-state index in [9.17, 15) is 4.79 Å². The van der Waals surface area contributed by atoms with E-state index in [2.05, 4.69) is 12.1 Å². The van der Waals surface area contributed by atoms with E-state index in [1.165, 1.54) is 5.56 Å². The highest BCUT2D eigenvalue weighted by atomic mass is 16.5. The Morgan fingerprint density at radius 1 is 1.09 bits per heavy atom. The number of aryl methyl sites for hydroxylation is 1. The topological polar surface area (TPSA) is 46.5 Å². The van der Waals surface area contributed by atoms with Crippen molar-refractivity contribution < 1.29 is 14.6 Å². The van der Waals surface area contributed by atoms with Crippen LogP contribution >= 0.6 is 0 Å². The Labute approximate surface area is 131 Å². The lowest BCUT2D eigenvalue weighted by atomic mass is 9.98. The molecule has 0 radical (unpaired) electrons. The third-order valence-electron chi connectivity index (χ3n) is 3.65. The van der Waals surface area contributed by atoms with Gasteiger partial charge in [0.05, 0.1) is 13.0 Å². The number of aliphatic carboxylic acids is 1. The van der Waals surface area contributed by atoms with Crippen LogP contribution in [-0.4, -0.2) is 17.7 Å². The van der Waals surface area contributed by atoms with Gasteiger partial charge in [0.1, 0.15) is 5.75 Å². The smallest absolute Gasteiger partial charge is 0.303 e. The monoisotopic (exact) mass is 298 g/mol. The van der Waals surface area contributed by atoms with Gasteiger partial charge in [-0.25, -0.2) is 0 Å². The second kappa shape index (κ2) is 8.23. The first kappa shape index (κ1) is 16.1. The first-order valence-corrected chi connectivity index (χ1v) is 7.63. The molecule has 0 heterocycles. The number of carboxylic acids is 1. The molecule has 2 rings (SSSR count). The Morgan fingerprint density at radius 3 is 2.41 bits per heavy atom. The quantitative estimate of drug-likeness (QED) is 0.740. The van der Waals surface area contributed by atoms with Crippen LogP contribution in [-0.2, 0) is 11.2 Å². The molecule has 3 nitrogen and oxygen atoms in total. The number of ether oxygens (including phenoxy) is 1. The summed E-state index contributed by atoms with van der Waals surface area (Å²) >= 11 is 0. The number of rotatable bonds is 8. The molecule has 0 saturated carbocycles. The van der Waals surface area contributed by atoms with Gasteiger partial charge in [-0.05, 0) is 42.0 Å². The maximum Gasteiger partial charge on any atom is 0.303 e. The maximum absolute atomic E-state index is 10.7. The van der Waals surface area contributed by atoms with Gasteiger partial charge in [-0.3, -0.25) is 4.79 Å². The molecule has 0 amide bonds. The van der Waals surface area contributed by atoms with Gasteiger partial charge >= 0.3 is 5.97 Å². The van der Waals surface area contributed by atoms with Crippen LogP contribution in [0.2, 0.25) is 0 Å². The Balaban J connectivity index is 1.75. The van der Waals surface area contributed by atoms with Gasteiger partial charge in [0.2, 0.25) is 0 Å². The summed E-state index contributed by atoms with van der Waals surface area (Å²) < 4.78 is 5.73. The molecule has 1 N–H and O–H groups in total. The molecule has 0 bridgehead atoms. The first-order valence-electron chi connectivity index (χ1n) is 7.63. The molecule has 3 heteroatoms. The summed E-state index contributed by atoms with van der Waals surface area (Å²) in [7, 11) is 0. The summed E-state index contributed by atoms with van der Waals surface area (Å²) in [6.07, 6.45) is 2.13. The minimum atomic E-state index is -0.770. The average molecular weight is 298 g/mol. The van der Waals surface area contributed by atoms with Crippen molar-refractivity contribution in [1.82, 2.24) is 0 Å². The van der Waals surface area contributed by atoms with Gasteiger partial charge in [-0.1, -0.05) is 49.4 Å². The normalized spacial score (nSPS) is 11.9. The highest BCUT2D eigenvalue weighted by Gasteiger charge is 2.09. The van der Waals surface area contributed by atoms with Crippen LogP contribution in [0, 0.1) is 0 Å². The minimum absolute atomic E-state index is 0.0182. The van der Waals surface area contributed by atoms with Crippen LogP contribution in [0.5, 0.6) is 5.75 Å². The Kier molecular flexibility index (Phi) is 6.01. The summed E-state index contributed by atoms with van der Waals surface area (Å²) in [6, 6.07) is 18.1. The SMILES string of the molecule is C[C@@H](CC(=O)O)c1ccc(OCCCc2ccccc2)cc1. The van der Waals surface area contributed by atoms with Crippen LogP contribution in [0.25, 0.3) is 0 Å². The zero-order valence-corrected chi connectivity index (χ0v) is 12.9. The second-order valence-corrected chi connectivity index (χ2v) is 5.51. The number of hydrogen-bond acceptors (Lipinski definition) is 2. The van der Waals surface area contributed by atoms with Crippen molar-refractivity contribution in [3.8, 4) is 5.75 Å². The Bertz CT molecular complexity index is 575. The highest BCUT2D eigenvalue weighted by Crippen LogP contribution is 2.22. The van der Waals surface area contributed by atoms with Crippen molar-refractivity contribution in [2.24, 2.45) is 0 Å². The van der Waals surface area contributed by atoms with Gasteiger partial charge in [-0.15, -0.1) is 0 Å². The predicted molar refractivity (Wildman–Crippen MR) is 87.4 cm³/mol. The molecular weight excluding hydrogens is 276 g/mol. The van der Waals surface area contributed by atoms with E-state index in [-0.39, 0.29) is 12.3 Å². The van der Waals surface area contributed by atoms with E-state index in [4.69, 9.17) is 9.84 Å². The van der Waals surface area contributed by atoms with Crippen LogP contribution in [0.4, 0.5) is 0 Å². The predicted octanol–water partition coefficient (Wildman–Crippen LogP) is 4.28. The molecule has 0 unspecified atom stereocenters. The second-order valence-electron chi connectivity index (χ2n) is 5.51. The number of carbonyl (C=O) groups is 1. The third-order valence-corrected chi connectivity index (χ3v) is 3.65. The summed E-state index contributed by atoms with van der Waals surface area (Å²) in [5.74, 6) is 0.0812. The van der Waals surface area contributed by atoms with Gasteiger partial charge in [0.15, 0.2) is 0 Å². The lowest BCUT2D eigenvalue weighted by molar-refractivity contribution is -0.137. The molecule has 0 aliphatic carbocycles. The summed E-state index contributed by atoms with van der Waals surface area (Å²) in [5, 5.41) is 8.81. The van der Waals surface area contributed by atoms with Crippen molar-refractivity contribution in [3.05, 3.63) is 65.7 Å². The van der Waals surface area contributed by atoms with Crippen molar-refractivity contribution >= 4 is 5.97 Å². The lowest BCUT2D eigenvalue weighted by Gasteiger charge is -2.11. The molecule has 0 fully saturated rings. The average Bonchev–Trinajstić information content (AvgIpc) is 2.52. The standard InChI is InChI=1S/C19H22O3/c1-15(14-19(20)21)17-9-11-18(12-10-17)22-13-5-8-16-6-3-2-4-7-16/h2-4,6-7,9-12,15H,5,8,13-14H2,1H3,(H,20,21)/t15-/m0/s1. The van der Waals surface area contributed by atoms with Gasteiger partial charge in [0.25, 0.3) is 0 Å². The van der Waals surface area contributed by atoms with Crippen LogP contribution in [0.3, 0.4) is 0 Å². The van der Waals surface area contributed by atoms with Crippen LogP contribution in [0.1, 0.15) is 36.8 Å². The molecule has 2 aromatic carbocycles. The van der Waals surface area contributed by atoms with Gasteiger partial charge in [-0.2, -0.15) is 0 Å². The number of carboxylic acid groups (broad SMARTS) is 1. The fraction of sp³-hybridized carbons (Fsp3) is 0.316. The van der Waals surface area contributed by atoms with Crippen LogP contribution in [0.15, 0.2) is 54.6 Å². The van der Waals surface area contributed by atoms with E-state index in [0.29, 0.717) is 6.61 Å². The molecule has 0 aromatic heterocycles. The molecule has 0 spiro atoms. The van der Waals surface area contributed by atoms with Crippen molar-refractivity contribution in [2.75, 3.05) is 6.61 Å². The molecular formula is C19H22O3. The zero-order valence-electron chi connectivity index (χ0n) is 12.9. The molecule has 2 aromatic rings. The number of hydrogen-bond donors (Lipinski definition) is 1. The summed E-state index contributed by atoms with van der Waals surface area (Å²) in [5.41, 5.74) is 2.35. The fourth-order valence-electron chi connectivity index (χ4n) is 2.38. The largest absolute Gasteiger partial charge is 0.494 e. The maximum atomic E-state index is 10.7. The Hall–Kier alpha value is -2.29. The molecule has 0 aliphatic rings. The molecule has 1 atom stereocenters. The fourth-order valence-corrected chi connectivity index (χ4v) is 2.38. The van der Waals surface area contributed by atoms with Crippen molar-refractivity contribution in [2.45, 2.75) is 32.1 Å². The molecule has 0 saturated heterocycles. The van der Waals surface area contributed by atoms with Crippen LogP contribution < -0.4 is 4.74 Å². The van der Waals surface area contributed by atoms with E-state index in [1.807, 2.05) is 49.4 Å². The van der Waals surface area contributed by atoms with E-state index < -0.39 is 5.97 Å². The summed E-state index contributed by atoms with van der Waals surface area (Å²) in [6.45, 7) is 2.60. The van der Waals surface area contributed by atoms with Gasteiger partial charge in [0, 0.05) is 0 Å². The summed E-state index contributed by atoms with van der Waals surface area (Å²) in [4.78, 5) is 10.7. The first-order chi connectivity index (χ1) is 10.6.